The highest BCUT2D eigenvalue weighted by atomic mass is 79.9. The minimum absolute atomic E-state index is 0.119. The first kappa shape index (κ1) is 15.1. The van der Waals surface area contributed by atoms with E-state index in [0.717, 1.165) is 17.7 Å². The van der Waals surface area contributed by atoms with E-state index >= 15 is 0 Å². The summed E-state index contributed by atoms with van der Waals surface area (Å²) in [6.45, 7) is 2.17. The van der Waals surface area contributed by atoms with Crippen LogP contribution in [0.1, 0.15) is 24.6 Å². The lowest BCUT2D eigenvalue weighted by Gasteiger charge is -2.03. The van der Waals surface area contributed by atoms with Crippen LogP contribution in [0.25, 0.3) is 11.3 Å². The summed E-state index contributed by atoms with van der Waals surface area (Å²) in [5.41, 5.74) is 2.70. The quantitative estimate of drug-likeness (QED) is 0.599. The zero-order chi connectivity index (χ0) is 15.5. The molecule has 1 atom stereocenters. The van der Waals surface area contributed by atoms with Crippen molar-refractivity contribution in [3.63, 3.8) is 0 Å². The number of ether oxygens (including phenoxy) is 2. The minimum Gasteiger partial charge on any atom is -0.490 e. The molecular formula is C16H16BrNO4. The van der Waals surface area contributed by atoms with Crippen molar-refractivity contribution < 1.29 is 18.8 Å². The molecule has 0 amide bonds. The van der Waals surface area contributed by atoms with Gasteiger partial charge in [0.1, 0.15) is 24.2 Å². The second kappa shape index (κ2) is 6.52. The predicted molar refractivity (Wildman–Crippen MR) is 83.9 cm³/mol. The van der Waals surface area contributed by atoms with Crippen molar-refractivity contribution in [2.75, 3.05) is 5.33 Å². The maximum Gasteiger partial charge on any atom is 0.307 e. The van der Waals surface area contributed by atoms with Crippen LogP contribution >= 0.6 is 15.9 Å². The number of carbonyl (C=O) groups excluding carboxylic acids is 1. The molecule has 1 aromatic heterocycles. The Morgan fingerprint density at radius 1 is 1.45 bits per heavy atom. The van der Waals surface area contributed by atoms with Crippen LogP contribution in [0.15, 0.2) is 28.8 Å². The molecule has 0 fully saturated rings. The first-order valence-electron chi connectivity index (χ1n) is 7.13. The topological polar surface area (TPSA) is 61.6 Å². The van der Waals surface area contributed by atoms with E-state index in [2.05, 4.69) is 21.1 Å². The molecule has 0 spiro atoms. The molecule has 2 aromatic rings. The Bertz CT molecular complexity index is 683. The van der Waals surface area contributed by atoms with E-state index in [1.165, 1.54) is 5.56 Å². The number of esters is 1. The minimum atomic E-state index is -0.263. The maximum absolute atomic E-state index is 11.3. The lowest BCUT2D eigenvalue weighted by molar-refractivity contribution is -0.144. The number of aromatic nitrogens is 1. The summed E-state index contributed by atoms with van der Waals surface area (Å²) in [4.78, 5) is 11.3. The Morgan fingerprint density at radius 2 is 2.32 bits per heavy atom. The number of halogens is 1. The van der Waals surface area contributed by atoms with E-state index in [-0.39, 0.29) is 18.7 Å². The number of nitrogens with zero attached hydrogens (tertiary/aromatic N) is 1. The molecule has 0 radical (unpaired) electrons. The molecular weight excluding hydrogens is 350 g/mol. The number of hydrogen-bond acceptors (Lipinski definition) is 5. The van der Waals surface area contributed by atoms with Gasteiger partial charge in [-0.2, -0.15) is 0 Å². The Kier molecular flexibility index (Phi) is 4.47. The highest BCUT2D eigenvalue weighted by Gasteiger charge is 2.20. The molecule has 22 heavy (non-hydrogen) atoms. The smallest absolute Gasteiger partial charge is 0.307 e. The monoisotopic (exact) mass is 365 g/mol. The van der Waals surface area contributed by atoms with Crippen molar-refractivity contribution in [3.8, 4) is 17.1 Å². The fraction of sp³-hybridized carbons (Fsp3) is 0.375. The van der Waals surface area contributed by atoms with E-state index < -0.39 is 0 Å². The van der Waals surface area contributed by atoms with Crippen LogP contribution in [0.3, 0.4) is 0 Å². The second-order valence-electron chi connectivity index (χ2n) is 5.24. The van der Waals surface area contributed by atoms with Crippen molar-refractivity contribution in [3.05, 3.63) is 35.5 Å². The van der Waals surface area contributed by atoms with Gasteiger partial charge in [-0.15, -0.1) is 0 Å². The largest absolute Gasteiger partial charge is 0.490 e. The molecule has 3 rings (SSSR count). The Morgan fingerprint density at radius 3 is 3.14 bits per heavy atom. The van der Waals surface area contributed by atoms with Gasteiger partial charge in [0.05, 0.1) is 6.42 Å². The van der Waals surface area contributed by atoms with Gasteiger partial charge in [0.15, 0.2) is 5.76 Å². The second-order valence-corrected chi connectivity index (χ2v) is 6.03. The van der Waals surface area contributed by atoms with Gasteiger partial charge in [-0.3, -0.25) is 4.79 Å². The number of carbonyl (C=O) groups is 1. The Labute approximate surface area is 136 Å². The molecule has 1 aliphatic heterocycles. The molecule has 6 heteroatoms. The first-order valence-corrected chi connectivity index (χ1v) is 8.25. The zero-order valence-corrected chi connectivity index (χ0v) is 13.8. The molecule has 1 aliphatic rings. The Balaban J connectivity index is 1.69. The van der Waals surface area contributed by atoms with Crippen LogP contribution < -0.4 is 4.74 Å². The summed E-state index contributed by atoms with van der Waals surface area (Å²) < 4.78 is 16.2. The van der Waals surface area contributed by atoms with Gasteiger partial charge in [-0.05, 0) is 18.6 Å². The van der Waals surface area contributed by atoms with Gasteiger partial charge < -0.3 is 14.0 Å². The average molecular weight is 366 g/mol. The van der Waals surface area contributed by atoms with Gasteiger partial charge in [0.2, 0.25) is 0 Å². The molecule has 0 saturated heterocycles. The lowest BCUT2D eigenvalue weighted by atomic mass is 10.1. The van der Waals surface area contributed by atoms with Gasteiger partial charge in [-0.25, -0.2) is 0 Å². The highest BCUT2D eigenvalue weighted by Crippen LogP contribution is 2.33. The molecule has 1 unspecified atom stereocenters. The standard InChI is InChI=1S/C16H16BrNO4/c1-10-6-11-2-3-12(7-14(11)21-10)15-8-13(18-22-15)9-20-16(19)4-5-17/h2-3,7-8,10H,4-6,9H2,1H3. The summed E-state index contributed by atoms with van der Waals surface area (Å²) in [5, 5.41) is 4.52. The molecule has 0 N–H and O–H groups in total. The van der Waals surface area contributed by atoms with Gasteiger partial charge in [0, 0.05) is 23.4 Å². The molecule has 116 valence electrons. The molecule has 0 aliphatic carbocycles. The first-order chi connectivity index (χ1) is 10.7. The number of benzene rings is 1. The number of rotatable bonds is 5. The van der Waals surface area contributed by atoms with Crippen molar-refractivity contribution in [2.24, 2.45) is 0 Å². The third kappa shape index (κ3) is 3.32. The van der Waals surface area contributed by atoms with Gasteiger partial charge in [0.25, 0.3) is 0 Å². The zero-order valence-electron chi connectivity index (χ0n) is 12.2. The van der Waals surface area contributed by atoms with E-state index in [0.29, 0.717) is 23.2 Å². The number of hydrogen-bond donors (Lipinski definition) is 0. The lowest BCUT2D eigenvalue weighted by Crippen LogP contribution is -2.05. The van der Waals surface area contributed by atoms with Crippen LogP contribution in [0, 0.1) is 0 Å². The SMILES string of the molecule is CC1Cc2ccc(-c3cc(COC(=O)CCBr)no3)cc2O1. The predicted octanol–water partition coefficient (Wildman–Crippen LogP) is 3.49. The normalized spacial score (nSPS) is 16.2. The highest BCUT2D eigenvalue weighted by molar-refractivity contribution is 9.09. The summed E-state index contributed by atoms with van der Waals surface area (Å²) in [5.74, 6) is 1.27. The molecule has 1 aromatic carbocycles. The van der Waals surface area contributed by atoms with Gasteiger partial charge in [-0.1, -0.05) is 33.2 Å². The molecule has 2 heterocycles. The van der Waals surface area contributed by atoms with E-state index in [1.54, 1.807) is 6.07 Å². The summed E-state index contributed by atoms with van der Waals surface area (Å²) >= 11 is 3.19. The van der Waals surface area contributed by atoms with E-state index in [4.69, 9.17) is 14.0 Å². The van der Waals surface area contributed by atoms with Crippen molar-refractivity contribution in [1.82, 2.24) is 5.16 Å². The van der Waals surface area contributed by atoms with Crippen LogP contribution in [0.4, 0.5) is 0 Å². The van der Waals surface area contributed by atoms with Crippen LogP contribution in [-0.4, -0.2) is 22.6 Å². The van der Waals surface area contributed by atoms with E-state index in [1.807, 2.05) is 25.1 Å². The molecule has 5 nitrogen and oxygen atoms in total. The summed E-state index contributed by atoms with van der Waals surface area (Å²) in [6.07, 6.45) is 1.48. The maximum atomic E-state index is 11.3. The van der Waals surface area contributed by atoms with E-state index in [9.17, 15) is 4.79 Å². The fourth-order valence-electron chi connectivity index (χ4n) is 2.37. The number of alkyl halides is 1. The van der Waals surface area contributed by atoms with Crippen LogP contribution in [0.5, 0.6) is 5.75 Å². The average Bonchev–Trinajstić information content (AvgIpc) is 3.09. The van der Waals surface area contributed by atoms with Crippen LogP contribution in [-0.2, 0) is 22.6 Å². The third-order valence-electron chi connectivity index (χ3n) is 3.43. The molecule has 0 bridgehead atoms. The molecule has 0 saturated carbocycles. The Hall–Kier alpha value is -1.82. The van der Waals surface area contributed by atoms with Crippen molar-refractivity contribution in [2.45, 2.75) is 32.5 Å². The van der Waals surface area contributed by atoms with Crippen molar-refractivity contribution >= 4 is 21.9 Å². The van der Waals surface area contributed by atoms with Crippen LogP contribution in [0.2, 0.25) is 0 Å². The fourth-order valence-corrected chi connectivity index (χ4v) is 2.70. The van der Waals surface area contributed by atoms with Gasteiger partial charge >= 0.3 is 5.97 Å². The summed E-state index contributed by atoms with van der Waals surface area (Å²) in [7, 11) is 0. The third-order valence-corrected chi connectivity index (χ3v) is 3.82. The summed E-state index contributed by atoms with van der Waals surface area (Å²) in [6, 6.07) is 7.77. The van der Waals surface area contributed by atoms with Crippen molar-refractivity contribution in [1.29, 1.82) is 0 Å². The number of fused-ring (bicyclic) bond motifs is 1.